The van der Waals surface area contributed by atoms with E-state index in [1.807, 2.05) is 63.2 Å². The first-order chi connectivity index (χ1) is 12.4. The van der Waals surface area contributed by atoms with Crippen LogP contribution in [0.1, 0.15) is 30.0 Å². The highest BCUT2D eigenvalue weighted by Crippen LogP contribution is 2.29. The topological polar surface area (TPSA) is 40.6 Å². The fourth-order valence-corrected chi connectivity index (χ4v) is 3.50. The number of hydrogen-bond acceptors (Lipinski definition) is 2. The van der Waals surface area contributed by atoms with Gasteiger partial charge in [0.15, 0.2) is 0 Å². The molecule has 4 heteroatoms. The molecule has 2 aromatic rings. The molecule has 1 unspecified atom stereocenters. The van der Waals surface area contributed by atoms with E-state index in [0.717, 1.165) is 22.5 Å². The molecule has 0 spiro atoms. The lowest BCUT2D eigenvalue weighted by atomic mass is 10.1. The Morgan fingerprint density at radius 1 is 1.12 bits per heavy atom. The molecule has 0 saturated carbocycles. The molecular weight excluding hydrogens is 324 g/mol. The third kappa shape index (κ3) is 3.50. The number of carbonyl (C=O) groups excluding carboxylic acids is 2. The second-order valence-electron chi connectivity index (χ2n) is 7.10. The Labute approximate surface area is 155 Å². The van der Waals surface area contributed by atoms with E-state index in [9.17, 15) is 9.59 Å². The summed E-state index contributed by atoms with van der Waals surface area (Å²) in [6, 6.07) is 14.0. The van der Waals surface area contributed by atoms with E-state index in [4.69, 9.17) is 0 Å². The van der Waals surface area contributed by atoms with Crippen LogP contribution in [-0.4, -0.2) is 24.9 Å². The van der Waals surface area contributed by atoms with Crippen LogP contribution in [0, 0.1) is 26.7 Å². The van der Waals surface area contributed by atoms with E-state index < -0.39 is 0 Å². The average Bonchev–Trinajstić information content (AvgIpc) is 3.00. The van der Waals surface area contributed by atoms with Gasteiger partial charge in [0.25, 0.3) is 0 Å². The van der Waals surface area contributed by atoms with Crippen LogP contribution in [-0.2, 0) is 9.59 Å². The normalized spacial score (nSPS) is 16.8. The Morgan fingerprint density at radius 2 is 1.88 bits per heavy atom. The Hall–Kier alpha value is -2.62. The van der Waals surface area contributed by atoms with Crippen molar-refractivity contribution in [3.63, 3.8) is 0 Å². The van der Waals surface area contributed by atoms with Gasteiger partial charge in [-0.1, -0.05) is 18.2 Å². The molecule has 2 amide bonds. The van der Waals surface area contributed by atoms with Crippen molar-refractivity contribution in [3.8, 4) is 0 Å². The van der Waals surface area contributed by atoms with E-state index in [0.29, 0.717) is 13.1 Å². The van der Waals surface area contributed by atoms with Crippen molar-refractivity contribution < 1.29 is 9.59 Å². The highest BCUT2D eigenvalue weighted by Gasteiger charge is 2.37. The summed E-state index contributed by atoms with van der Waals surface area (Å²) in [5.74, 6) is -0.255. The number of hydrogen-bond donors (Lipinski definition) is 0. The number of rotatable bonds is 4. The maximum absolute atomic E-state index is 13.1. The minimum absolute atomic E-state index is 0.0203. The molecule has 3 rings (SSSR count). The van der Waals surface area contributed by atoms with Gasteiger partial charge in [-0.25, -0.2) is 0 Å². The van der Waals surface area contributed by atoms with E-state index in [-0.39, 0.29) is 24.2 Å². The lowest BCUT2D eigenvalue weighted by molar-refractivity contribution is -0.124. The smallest absolute Gasteiger partial charge is 0.232 e. The first-order valence-corrected chi connectivity index (χ1v) is 9.16. The van der Waals surface area contributed by atoms with Crippen molar-refractivity contribution in [1.29, 1.82) is 0 Å². The molecule has 1 atom stereocenters. The second-order valence-corrected chi connectivity index (χ2v) is 7.10. The molecule has 0 radical (unpaired) electrons. The number of aryl methyl sites for hydroxylation is 3. The van der Waals surface area contributed by atoms with Gasteiger partial charge in [0.1, 0.15) is 0 Å². The van der Waals surface area contributed by atoms with E-state index in [1.165, 1.54) is 5.56 Å². The zero-order valence-electron chi connectivity index (χ0n) is 16.0. The summed E-state index contributed by atoms with van der Waals surface area (Å²) in [5, 5.41) is 0. The van der Waals surface area contributed by atoms with Crippen molar-refractivity contribution in [2.75, 3.05) is 22.9 Å². The van der Waals surface area contributed by atoms with Gasteiger partial charge in [-0.05, 0) is 68.7 Å². The molecule has 4 nitrogen and oxygen atoms in total. The van der Waals surface area contributed by atoms with E-state index in [1.54, 1.807) is 9.80 Å². The van der Waals surface area contributed by atoms with Crippen LogP contribution < -0.4 is 9.80 Å². The van der Waals surface area contributed by atoms with Gasteiger partial charge < -0.3 is 9.80 Å². The molecule has 26 heavy (non-hydrogen) atoms. The standard InChI is InChI=1S/C22H26N2O2/c1-5-23(19-8-6-7-15(2)11-19)22(26)18-13-21(25)24(14-18)20-10-9-16(3)17(4)12-20/h6-12,18H,5,13-14H2,1-4H3. The molecular formula is C22H26N2O2. The lowest BCUT2D eigenvalue weighted by Gasteiger charge is -2.25. The number of anilines is 2. The number of amides is 2. The monoisotopic (exact) mass is 350 g/mol. The third-order valence-electron chi connectivity index (χ3n) is 5.17. The fraction of sp³-hybridized carbons (Fsp3) is 0.364. The highest BCUT2D eigenvalue weighted by molar-refractivity contribution is 6.04. The zero-order chi connectivity index (χ0) is 18.8. The summed E-state index contributed by atoms with van der Waals surface area (Å²) in [5.41, 5.74) is 5.25. The Kier molecular flexibility index (Phi) is 5.12. The van der Waals surface area contributed by atoms with Crippen LogP contribution in [0.25, 0.3) is 0 Å². The van der Waals surface area contributed by atoms with Gasteiger partial charge in [-0.15, -0.1) is 0 Å². The summed E-state index contributed by atoms with van der Waals surface area (Å²) in [7, 11) is 0. The fourth-order valence-electron chi connectivity index (χ4n) is 3.50. The maximum atomic E-state index is 13.1. The molecule has 1 aliphatic rings. The van der Waals surface area contributed by atoms with Gasteiger partial charge >= 0.3 is 0 Å². The molecule has 0 aromatic heterocycles. The van der Waals surface area contributed by atoms with Crippen LogP contribution in [0.2, 0.25) is 0 Å². The third-order valence-corrected chi connectivity index (χ3v) is 5.17. The molecule has 1 heterocycles. The second kappa shape index (κ2) is 7.32. The van der Waals surface area contributed by atoms with Crippen molar-refractivity contribution in [3.05, 3.63) is 59.2 Å². The van der Waals surface area contributed by atoms with Crippen molar-refractivity contribution in [2.45, 2.75) is 34.1 Å². The minimum atomic E-state index is -0.301. The summed E-state index contributed by atoms with van der Waals surface area (Å²) in [4.78, 5) is 29.2. The van der Waals surface area contributed by atoms with Crippen LogP contribution in [0.5, 0.6) is 0 Å². The van der Waals surface area contributed by atoms with Gasteiger partial charge in [0.05, 0.1) is 5.92 Å². The molecule has 0 aliphatic carbocycles. The summed E-state index contributed by atoms with van der Waals surface area (Å²) >= 11 is 0. The van der Waals surface area contributed by atoms with E-state index >= 15 is 0 Å². The first-order valence-electron chi connectivity index (χ1n) is 9.16. The SMILES string of the molecule is CCN(C(=O)C1CC(=O)N(c2ccc(C)c(C)c2)C1)c1cccc(C)c1. The minimum Gasteiger partial charge on any atom is -0.312 e. The number of benzene rings is 2. The van der Waals surface area contributed by atoms with Gasteiger partial charge in [-0.2, -0.15) is 0 Å². The van der Waals surface area contributed by atoms with Crippen LogP contribution in [0.4, 0.5) is 11.4 Å². The number of carbonyl (C=O) groups is 2. The van der Waals surface area contributed by atoms with E-state index in [2.05, 4.69) is 6.92 Å². The predicted octanol–water partition coefficient (Wildman–Crippen LogP) is 4.02. The molecule has 1 saturated heterocycles. The largest absolute Gasteiger partial charge is 0.312 e. The summed E-state index contributed by atoms with van der Waals surface area (Å²) < 4.78 is 0. The maximum Gasteiger partial charge on any atom is 0.232 e. The molecule has 1 fully saturated rings. The highest BCUT2D eigenvalue weighted by atomic mass is 16.2. The quantitative estimate of drug-likeness (QED) is 0.836. The van der Waals surface area contributed by atoms with Crippen LogP contribution in [0.15, 0.2) is 42.5 Å². The summed E-state index contributed by atoms with van der Waals surface area (Å²) in [6.07, 6.45) is 0.272. The average molecular weight is 350 g/mol. The molecule has 2 aromatic carbocycles. The van der Waals surface area contributed by atoms with Crippen molar-refractivity contribution in [1.82, 2.24) is 0 Å². The Morgan fingerprint density at radius 3 is 2.54 bits per heavy atom. The molecule has 136 valence electrons. The van der Waals surface area contributed by atoms with Crippen molar-refractivity contribution in [2.24, 2.45) is 5.92 Å². The van der Waals surface area contributed by atoms with Gasteiger partial charge in [0.2, 0.25) is 11.8 Å². The Bertz CT molecular complexity index is 844. The van der Waals surface area contributed by atoms with Gasteiger partial charge in [0, 0.05) is 30.9 Å². The summed E-state index contributed by atoms with van der Waals surface area (Å²) in [6.45, 7) is 9.12. The molecule has 1 aliphatic heterocycles. The zero-order valence-corrected chi connectivity index (χ0v) is 16.0. The Balaban J connectivity index is 1.80. The predicted molar refractivity (Wildman–Crippen MR) is 106 cm³/mol. The molecule has 0 N–H and O–H groups in total. The van der Waals surface area contributed by atoms with Crippen LogP contribution >= 0.6 is 0 Å². The first kappa shape index (κ1) is 18.2. The van der Waals surface area contributed by atoms with Gasteiger partial charge in [-0.3, -0.25) is 9.59 Å². The molecule has 0 bridgehead atoms. The van der Waals surface area contributed by atoms with Crippen molar-refractivity contribution >= 4 is 23.2 Å². The lowest BCUT2D eigenvalue weighted by Crippen LogP contribution is -2.37. The number of nitrogens with zero attached hydrogens (tertiary/aromatic N) is 2. The van der Waals surface area contributed by atoms with Crippen LogP contribution in [0.3, 0.4) is 0 Å².